The molecule has 0 aromatic heterocycles. The number of allylic oxidation sites excluding steroid dienone is 2. The van der Waals surface area contributed by atoms with Crippen LogP contribution in [0.4, 0.5) is 0 Å². The van der Waals surface area contributed by atoms with Crippen LogP contribution in [-0.4, -0.2) is 31.9 Å². The summed E-state index contributed by atoms with van der Waals surface area (Å²) in [6.45, 7) is 16.2. The van der Waals surface area contributed by atoms with Crippen LogP contribution in [0.25, 0.3) is 0 Å². The van der Waals surface area contributed by atoms with Gasteiger partial charge in [-0.3, -0.25) is 0 Å². The standard InChI is InChI=1S/C23H35NO2Si/c1-19-16-21(25-17-20-10-8-7-9-11-20)12-15-24(19)23(13-14-23)18-26-27(5,6)22(2,3)4/h7-12,16H,13-15,17-18H2,1-6H3. The van der Waals surface area contributed by atoms with Gasteiger partial charge in [0.2, 0.25) is 0 Å². The molecular formula is C23H35NO2Si. The quantitative estimate of drug-likeness (QED) is 0.549. The van der Waals surface area contributed by atoms with E-state index in [2.05, 4.69) is 82.1 Å². The summed E-state index contributed by atoms with van der Waals surface area (Å²) in [5, 5.41) is 0.258. The first-order valence-electron chi connectivity index (χ1n) is 10.1. The van der Waals surface area contributed by atoms with Crippen LogP contribution in [0.5, 0.6) is 0 Å². The Morgan fingerprint density at radius 1 is 1.11 bits per heavy atom. The second-order valence-electron chi connectivity index (χ2n) is 9.55. The van der Waals surface area contributed by atoms with Gasteiger partial charge in [0, 0.05) is 12.2 Å². The molecule has 3 rings (SSSR count). The van der Waals surface area contributed by atoms with Crippen LogP contribution in [0.1, 0.15) is 46.1 Å². The molecule has 0 spiro atoms. The van der Waals surface area contributed by atoms with Gasteiger partial charge in [-0.2, -0.15) is 0 Å². The molecule has 0 N–H and O–H groups in total. The molecule has 1 aromatic carbocycles. The molecule has 1 aliphatic heterocycles. The van der Waals surface area contributed by atoms with E-state index >= 15 is 0 Å². The van der Waals surface area contributed by atoms with Crippen molar-refractivity contribution in [1.29, 1.82) is 0 Å². The lowest BCUT2D eigenvalue weighted by Gasteiger charge is -2.41. The molecule has 0 radical (unpaired) electrons. The van der Waals surface area contributed by atoms with Crippen molar-refractivity contribution in [2.24, 2.45) is 0 Å². The fourth-order valence-corrected chi connectivity index (χ4v) is 4.31. The summed E-state index contributed by atoms with van der Waals surface area (Å²) in [6.07, 6.45) is 6.84. The molecule has 0 amide bonds. The van der Waals surface area contributed by atoms with E-state index < -0.39 is 8.32 Å². The molecule has 148 valence electrons. The van der Waals surface area contributed by atoms with E-state index in [0.29, 0.717) is 6.61 Å². The molecule has 0 bridgehead atoms. The summed E-state index contributed by atoms with van der Waals surface area (Å²) in [7, 11) is -1.71. The third kappa shape index (κ3) is 4.67. The predicted molar refractivity (Wildman–Crippen MR) is 115 cm³/mol. The summed E-state index contributed by atoms with van der Waals surface area (Å²) < 4.78 is 12.6. The summed E-state index contributed by atoms with van der Waals surface area (Å²) in [4.78, 5) is 2.52. The molecule has 1 aromatic rings. The van der Waals surface area contributed by atoms with E-state index in [1.54, 1.807) is 0 Å². The van der Waals surface area contributed by atoms with Crippen molar-refractivity contribution < 1.29 is 9.16 Å². The SMILES string of the molecule is CC1=CC(OCc2ccccc2)=CCN1C1(CO[Si](C)(C)C(C)(C)C)CC1. The predicted octanol–water partition coefficient (Wildman–Crippen LogP) is 5.86. The zero-order chi connectivity index (χ0) is 19.7. The monoisotopic (exact) mass is 385 g/mol. The third-order valence-electron chi connectivity index (χ3n) is 6.41. The van der Waals surface area contributed by atoms with Gasteiger partial charge in [0.05, 0.1) is 12.1 Å². The van der Waals surface area contributed by atoms with Gasteiger partial charge in [-0.25, -0.2) is 0 Å². The van der Waals surface area contributed by atoms with Gasteiger partial charge < -0.3 is 14.1 Å². The Balaban J connectivity index is 1.58. The minimum absolute atomic E-state index is 0.192. The molecule has 3 nitrogen and oxygen atoms in total. The van der Waals surface area contributed by atoms with Crippen molar-refractivity contribution in [3.63, 3.8) is 0 Å². The Bertz CT molecular complexity index is 712. The number of nitrogens with zero attached hydrogens (tertiary/aromatic N) is 1. The highest BCUT2D eigenvalue weighted by atomic mass is 28.4. The molecule has 1 heterocycles. The van der Waals surface area contributed by atoms with Gasteiger partial charge in [-0.1, -0.05) is 51.1 Å². The van der Waals surface area contributed by atoms with E-state index in [-0.39, 0.29) is 10.6 Å². The van der Waals surface area contributed by atoms with Crippen LogP contribution in [-0.2, 0) is 15.8 Å². The first-order chi connectivity index (χ1) is 12.6. The van der Waals surface area contributed by atoms with Gasteiger partial charge >= 0.3 is 0 Å². The first-order valence-corrected chi connectivity index (χ1v) is 13.0. The van der Waals surface area contributed by atoms with E-state index in [4.69, 9.17) is 9.16 Å². The second-order valence-corrected chi connectivity index (χ2v) is 14.4. The first kappa shape index (κ1) is 20.2. The lowest BCUT2D eigenvalue weighted by atomic mass is 10.1. The van der Waals surface area contributed by atoms with Gasteiger partial charge in [-0.15, -0.1) is 0 Å². The topological polar surface area (TPSA) is 21.7 Å². The number of rotatable bonds is 7. The van der Waals surface area contributed by atoms with E-state index in [1.807, 2.05) is 6.07 Å². The maximum Gasteiger partial charge on any atom is 0.192 e. The number of hydrogen-bond donors (Lipinski definition) is 0. The molecule has 0 unspecified atom stereocenters. The fourth-order valence-electron chi connectivity index (χ4n) is 3.24. The normalized spacial score (nSPS) is 19.4. The molecule has 0 saturated heterocycles. The smallest absolute Gasteiger partial charge is 0.192 e. The Morgan fingerprint density at radius 3 is 2.33 bits per heavy atom. The largest absolute Gasteiger partial charge is 0.489 e. The minimum atomic E-state index is -1.71. The Kier molecular flexibility index (Phi) is 5.60. The van der Waals surface area contributed by atoms with Crippen LogP contribution in [0.15, 0.2) is 53.9 Å². The second kappa shape index (κ2) is 7.48. The molecule has 1 saturated carbocycles. The zero-order valence-electron chi connectivity index (χ0n) is 17.8. The van der Waals surface area contributed by atoms with Crippen LogP contribution in [0.3, 0.4) is 0 Å². The summed E-state index contributed by atoms with van der Waals surface area (Å²) in [5.74, 6) is 0.980. The molecule has 4 heteroatoms. The zero-order valence-corrected chi connectivity index (χ0v) is 18.8. The van der Waals surface area contributed by atoms with E-state index in [9.17, 15) is 0 Å². The highest BCUT2D eigenvalue weighted by Crippen LogP contribution is 2.47. The number of hydrogen-bond acceptors (Lipinski definition) is 3. The van der Waals surface area contributed by atoms with Crippen molar-refractivity contribution in [3.8, 4) is 0 Å². The van der Waals surface area contributed by atoms with Gasteiger partial charge in [0.25, 0.3) is 0 Å². The van der Waals surface area contributed by atoms with Crippen molar-refractivity contribution in [2.45, 2.75) is 70.8 Å². The minimum Gasteiger partial charge on any atom is -0.489 e. The van der Waals surface area contributed by atoms with E-state index in [0.717, 1.165) is 18.9 Å². The summed E-state index contributed by atoms with van der Waals surface area (Å²) in [5.41, 5.74) is 2.68. The summed E-state index contributed by atoms with van der Waals surface area (Å²) >= 11 is 0. The van der Waals surface area contributed by atoms with E-state index in [1.165, 1.54) is 24.1 Å². The average molecular weight is 386 g/mol. The van der Waals surface area contributed by atoms with Crippen LogP contribution in [0, 0.1) is 0 Å². The van der Waals surface area contributed by atoms with Crippen molar-refractivity contribution in [1.82, 2.24) is 4.90 Å². The Labute approximate surface area is 166 Å². The lowest BCUT2D eigenvalue weighted by Crippen LogP contribution is -2.47. The highest BCUT2D eigenvalue weighted by molar-refractivity contribution is 6.74. The molecular weight excluding hydrogens is 350 g/mol. The Hall–Kier alpha value is -1.52. The average Bonchev–Trinajstić information content (AvgIpc) is 3.39. The number of ether oxygens (including phenoxy) is 1. The third-order valence-corrected chi connectivity index (χ3v) is 10.9. The van der Waals surface area contributed by atoms with Crippen molar-refractivity contribution >= 4 is 8.32 Å². The van der Waals surface area contributed by atoms with Crippen LogP contribution >= 0.6 is 0 Å². The maximum atomic E-state index is 6.57. The maximum absolute atomic E-state index is 6.57. The molecule has 2 aliphatic rings. The summed E-state index contributed by atoms with van der Waals surface area (Å²) in [6, 6.07) is 10.3. The molecule has 1 fully saturated rings. The van der Waals surface area contributed by atoms with Gasteiger partial charge in [0.15, 0.2) is 8.32 Å². The van der Waals surface area contributed by atoms with Crippen molar-refractivity contribution in [3.05, 3.63) is 59.5 Å². The molecule has 1 aliphatic carbocycles. The fraction of sp³-hybridized carbons (Fsp3) is 0.565. The van der Waals surface area contributed by atoms with Gasteiger partial charge in [0.1, 0.15) is 12.4 Å². The highest BCUT2D eigenvalue weighted by Gasteiger charge is 2.50. The number of benzene rings is 1. The van der Waals surface area contributed by atoms with Gasteiger partial charge in [-0.05, 0) is 55.6 Å². The molecule has 0 atom stereocenters. The Morgan fingerprint density at radius 2 is 1.78 bits per heavy atom. The lowest BCUT2D eigenvalue weighted by molar-refractivity contribution is 0.141. The van der Waals surface area contributed by atoms with Crippen molar-refractivity contribution in [2.75, 3.05) is 13.2 Å². The van der Waals surface area contributed by atoms with Crippen LogP contribution < -0.4 is 0 Å². The van der Waals surface area contributed by atoms with Crippen LogP contribution in [0.2, 0.25) is 18.1 Å². The molecule has 27 heavy (non-hydrogen) atoms.